The molecule has 152 valence electrons. The number of nitro benzene ring substituents is 1. The van der Waals surface area contributed by atoms with E-state index in [1.807, 2.05) is 6.07 Å². The summed E-state index contributed by atoms with van der Waals surface area (Å²) in [5.41, 5.74) is 1.46. The lowest BCUT2D eigenvalue weighted by Gasteiger charge is -2.36. The third-order valence-electron chi connectivity index (χ3n) is 5.22. The topological polar surface area (TPSA) is 105 Å². The van der Waals surface area contributed by atoms with Gasteiger partial charge in [-0.25, -0.2) is 0 Å². The number of aromatic nitrogens is 2. The number of carbonyl (C=O) groups excluding carboxylic acids is 1. The molecule has 0 unspecified atom stereocenters. The van der Waals surface area contributed by atoms with Crippen LogP contribution in [0.1, 0.15) is 10.4 Å². The highest BCUT2D eigenvalue weighted by atomic mass is 16.6. The van der Waals surface area contributed by atoms with Crippen LogP contribution in [0.5, 0.6) is 0 Å². The molecule has 10 nitrogen and oxygen atoms in total. The number of nitro groups is 1. The Kier molecular flexibility index (Phi) is 5.52. The molecule has 29 heavy (non-hydrogen) atoms. The second-order valence-corrected chi connectivity index (χ2v) is 6.95. The second kappa shape index (κ2) is 8.39. The number of amides is 1. The number of piperazine rings is 1. The van der Waals surface area contributed by atoms with Gasteiger partial charge in [0.2, 0.25) is 0 Å². The molecule has 3 heterocycles. The largest absolute Gasteiger partial charge is 0.378 e. The lowest BCUT2D eigenvalue weighted by molar-refractivity contribution is -0.384. The number of anilines is 2. The zero-order valence-electron chi connectivity index (χ0n) is 15.9. The first-order chi connectivity index (χ1) is 14.1. The van der Waals surface area contributed by atoms with E-state index in [0.717, 1.165) is 24.6 Å². The summed E-state index contributed by atoms with van der Waals surface area (Å²) in [6, 6.07) is 7.76. The van der Waals surface area contributed by atoms with Gasteiger partial charge in [0.25, 0.3) is 11.6 Å². The number of benzene rings is 1. The number of carbonyl (C=O) groups is 1. The van der Waals surface area contributed by atoms with Crippen LogP contribution in [0.15, 0.2) is 36.5 Å². The average Bonchev–Trinajstić information content (AvgIpc) is 2.79. The first-order valence-corrected chi connectivity index (χ1v) is 9.56. The van der Waals surface area contributed by atoms with E-state index in [4.69, 9.17) is 4.74 Å². The highest BCUT2D eigenvalue weighted by Gasteiger charge is 2.24. The first-order valence-electron chi connectivity index (χ1n) is 9.56. The van der Waals surface area contributed by atoms with E-state index in [0.29, 0.717) is 45.0 Å². The standard InChI is InChI=1S/C19H22N6O4/c26-19(15-1-3-16(4-2-15)25(27)28)24-7-5-23(6-8-24)18-13-17(14-20-21-18)22-9-11-29-12-10-22/h1-4,13-14H,5-12H2. The molecule has 1 amide bonds. The van der Waals surface area contributed by atoms with Crippen molar-refractivity contribution >= 4 is 23.1 Å². The molecule has 0 atom stereocenters. The Hall–Kier alpha value is -3.27. The van der Waals surface area contributed by atoms with E-state index in [1.54, 1.807) is 11.1 Å². The fourth-order valence-corrected chi connectivity index (χ4v) is 3.54. The highest BCUT2D eigenvalue weighted by molar-refractivity contribution is 5.94. The third-order valence-corrected chi connectivity index (χ3v) is 5.22. The smallest absolute Gasteiger partial charge is 0.269 e. The van der Waals surface area contributed by atoms with Crippen molar-refractivity contribution in [3.05, 3.63) is 52.2 Å². The number of nitrogens with zero attached hydrogens (tertiary/aromatic N) is 6. The van der Waals surface area contributed by atoms with E-state index in [9.17, 15) is 14.9 Å². The van der Waals surface area contributed by atoms with Gasteiger partial charge in [-0.1, -0.05) is 0 Å². The monoisotopic (exact) mass is 398 g/mol. The molecule has 0 N–H and O–H groups in total. The lowest BCUT2D eigenvalue weighted by atomic mass is 10.1. The molecule has 0 spiro atoms. The maximum atomic E-state index is 12.7. The van der Waals surface area contributed by atoms with Gasteiger partial charge in [-0.3, -0.25) is 14.9 Å². The van der Waals surface area contributed by atoms with Crippen LogP contribution >= 0.6 is 0 Å². The molecule has 0 saturated carbocycles. The number of hydrogen-bond donors (Lipinski definition) is 0. The SMILES string of the molecule is O=C(c1ccc([N+](=O)[O-])cc1)N1CCN(c2cc(N3CCOCC3)cnn2)CC1. The number of hydrogen-bond acceptors (Lipinski definition) is 8. The van der Waals surface area contributed by atoms with Crippen LogP contribution in [0.2, 0.25) is 0 Å². The van der Waals surface area contributed by atoms with Crippen LogP contribution in [0, 0.1) is 10.1 Å². The summed E-state index contributed by atoms with van der Waals surface area (Å²) < 4.78 is 5.40. The van der Waals surface area contributed by atoms with Gasteiger partial charge < -0.3 is 19.4 Å². The molecule has 0 bridgehead atoms. The quantitative estimate of drug-likeness (QED) is 0.559. The van der Waals surface area contributed by atoms with Gasteiger partial charge in [-0.15, -0.1) is 5.10 Å². The third kappa shape index (κ3) is 4.27. The molecule has 0 aliphatic carbocycles. The fourth-order valence-electron chi connectivity index (χ4n) is 3.54. The van der Waals surface area contributed by atoms with Crippen molar-refractivity contribution in [3.63, 3.8) is 0 Å². The molecule has 1 aromatic carbocycles. The zero-order valence-corrected chi connectivity index (χ0v) is 15.9. The number of non-ortho nitro benzene ring substituents is 1. The van der Waals surface area contributed by atoms with Crippen molar-refractivity contribution < 1.29 is 14.5 Å². The van der Waals surface area contributed by atoms with Gasteiger partial charge in [0.05, 0.1) is 30.0 Å². The Morgan fingerprint density at radius 2 is 1.69 bits per heavy atom. The van der Waals surface area contributed by atoms with Crippen molar-refractivity contribution in [1.82, 2.24) is 15.1 Å². The Morgan fingerprint density at radius 3 is 2.34 bits per heavy atom. The van der Waals surface area contributed by atoms with E-state index in [2.05, 4.69) is 20.0 Å². The summed E-state index contributed by atoms with van der Waals surface area (Å²) >= 11 is 0. The molecule has 10 heteroatoms. The molecule has 2 aliphatic rings. The zero-order chi connectivity index (χ0) is 20.2. The van der Waals surface area contributed by atoms with Crippen molar-refractivity contribution in [2.45, 2.75) is 0 Å². The number of morpholine rings is 1. The summed E-state index contributed by atoms with van der Waals surface area (Å²) in [6.45, 7) is 5.51. The first kappa shape index (κ1) is 19.1. The van der Waals surface area contributed by atoms with Gasteiger partial charge in [0, 0.05) is 63.0 Å². The maximum absolute atomic E-state index is 12.7. The maximum Gasteiger partial charge on any atom is 0.269 e. The summed E-state index contributed by atoms with van der Waals surface area (Å²) in [4.78, 5) is 29.1. The molecule has 1 aromatic heterocycles. The van der Waals surface area contributed by atoms with E-state index < -0.39 is 4.92 Å². The second-order valence-electron chi connectivity index (χ2n) is 6.95. The van der Waals surface area contributed by atoms with Crippen LogP contribution in [0.3, 0.4) is 0 Å². The average molecular weight is 398 g/mol. The van der Waals surface area contributed by atoms with Gasteiger partial charge in [-0.2, -0.15) is 5.10 Å². The van der Waals surface area contributed by atoms with E-state index in [-0.39, 0.29) is 11.6 Å². The molecular weight excluding hydrogens is 376 g/mol. The summed E-state index contributed by atoms with van der Waals surface area (Å²) in [5, 5.41) is 19.2. The molecule has 0 radical (unpaired) electrons. The van der Waals surface area contributed by atoms with Crippen LogP contribution in [0.25, 0.3) is 0 Å². The fraction of sp³-hybridized carbons (Fsp3) is 0.421. The van der Waals surface area contributed by atoms with Gasteiger partial charge in [0.15, 0.2) is 5.82 Å². The van der Waals surface area contributed by atoms with Crippen molar-refractivity contribution in [2.75, 3.05) is 62.3 Å². The molecule has 2 saturated heterocycles. The minimum absolute atomic E-state index is 0.0231. The Labute approximate surface area is 167 Å². The number of rotatable bonds is 4. The predicted molar refractivity (Wildman–Crippen MR) is 106 cm³/mol. The minimum atomic E-state index is -0.473. The van der Waals surface area contributed by atoms with Crippen LogP contribution in [-0.2, 0) is 4.74 Å². The van der Waals surface area contributed by atoms with Crippen LogP contribution in [-0.4, -0.2) is 78.4 Å². The van der Waals surface area contributed by atoms with Gasteiger partial charge >= 0.3 is 0 Å². The van der Waals surface area contributed by atoms with E-state index in [1.165, 1.54) is 24.3 Å². The molecule has 2 fully saturated rings. The van der Waals surface area contributed by atoms with Crippen molar-refractivity contribution in [1.29, 1.82) is 0 Å². The van der Waals surface area contributed by atoms with Crippen molar-refractivity contribution in [3.8, 4) is 0 Å². The summed E-state index contributed by atoms with van der Waals surface area (Å²) in [5.74, 6) is 0.684. The number of ether oxygens (including phenoxy) is 1. The Morgan fingerprint density at radius 1 is 1.00 bits per heavy atom. The van der Waals surface area contributed by atoms with Crippen LogP contribution in [0.4, 0.5) is 17.2 Å². The van der Waals surface area contributed by atoms with Gasteiger partial charge in [-0.05, 0) is 12.1 Å². The highest BCUT2D eigenvalue weighted by Crippen LogP contribution is 2.21. The lowest BCUT2D eigenvalue weighted by Crippen LogP contribution is -2.49. The summed E-state index contributed by atoms with van der Waals surface area (Å²) in [6.07, 6.45) is 1.77. The summed E-state index contributed by atoms with van der Waals surface area (Å²) in [7, 11) is 0. The van der Waals surface area contributed by atoms with Crippen molar-refractivity contribution in [2.24, 2.45) is 0 Å². The minimum Gasteiger partial charge on any atom is -0.378 e. The van der Waals surface area contributed by atoms with Gasteiger partial charge in [0.1, 0.15) is 0 Å². The predicted octanol–water partition coefficient (Wildman–Crippen LogP) is 1.18. The molecule has 2 aromatic rings. The molecule has 2 aliphatic heterocycles. The molecular formula is C19H22N6O4. The van der Waals surface area contributed by atoms with Crippen LogP contribution < -0.4 is 9.80 Å². The Balaban J connectivity index is 1.37. The Bertz CT molecular complexity index is 877. The molecule has 4 rings (SSSR count). The normalized spacial score (nSPS) is 17.3. The van der Waals surface area contributed by atoms with E-state index >= 15 is 0 Å².